The van der Waals surface area contributed by atoms with E-state index in [1.165, 1.54) is 0 Å². The molecule has 0 saturated carbocycles. The Morgan fingerprint density at radius 1 is 1.17 bits per heavy atom. The Bertz CT molecular complexity index is 428. The number of hydrogen-bond donors (Lipinski definition) is 0. The molecule has 1 aromatic heterocycles. The number of hydrogen-bond acceptors (Lipinski definition) is 6. The Balaban J connectivity index is 2.26. The zero-order valence-corrected chi connectivity index (χ0v) is 11.8. The van der Waals surface area contributed by atoms with Crippen molar-refractivity contribution in [3.8, 4) is 0 Å². The summed E-state index contributed by atoms with van der Waals surface area (Å²) >= 11 is 5.93. The molecule has 1 aliphatic rings. The Morgan fingerprint density at radius 3 is 2.39 bits per heavy atom. The van der Waals surface area contributed by atoms with E-state index >= 15 is 0 Å². The minimum atomic E-state index is 0.174. The maximum Gasteiger partial charge on any atom is 0.231 e. The van der Waals surface area contributed by atoms with E-state index in [4.69, 9.17) is 16.3 Å². The second kappa shape index (κ2) is 5.24. The van der Waals surface area contributed by atoms with E-state index in [-0.39, 0.29) is 17.4 Å². The van der Waals surface area contributed by atoms with Crippen LogP contribution < -0.4 is 9.80 Å². The number of ether oxygens (including phenoxy) is 1. The summed E-state index contributed by atoms with van der Waals surface area (Å²) in [5.74, 6) is 1.14. The van der Waals surface area contributed by atoms with Gasteiger partial charge in [-0.1, -0.05) is 0 Å². The summed E-state index contributed by atoms with van der Waals surface area (Å²) < 4.78 is 5.56. The van der Waals surface area contributed by atoms with Crippen LogP contribution in [0.25, 0.3) is 0 Å². The van der Waals surface area contributed by atoms with Gasteiger partial charge in [-0.2, -0.15) is 15.0 Å². The Kier molecular flexibility index (Phi) is 3.87. The maximum atomic E-state index is 5.93. The van der Waals surface area contributed by atoms with Gasteiger partial charge < -0.3 is 14.5 Å². The quantitative estimate of drug-likeness (QED) is 0.824. The van der Waals surface area contributed by atoms with Crippen molar-refractivity contribution in [1.29, 1.82) is 0 Å². The second-order valence-corrected chi connectivity index (χ2v) is 4.98. The molecule has 0 aromatic carbocycles. The lowest BCUT2D eigenvalue weighted by Crippen LogP contribution is -2.38. The van der Waals surface area contributed by atoms with Crippen molar-refractivity contribution in [2.24, 2.45) is 0 Å². The molecule has 2 heterocycles. The summed E-state index contributed by atoms with van der Waals surface area (Å²) in [6.07, 6.45) is 1.14. The van der Waals surface area contributed by atoms with Crippen LogP contribution in [0.1, 0.15) is 13.3 Å². The lowest BCUT2D eigenvalue weighted by Gasteiger charge is -2.27. The maximum absolute atomic E-state index is 5.93. The first-order valence-corrected chi connectivity index (χ1v) is 6.30. The van der Waals surface area contributed by atoms with Gasteiger partial charge in [0, 0.05) is 27.7 Å². The van der Waals surface area contributed by atoms with E-state index in [0.717, 1.165) is 13.0 Å². The molecule has 2 rings (SSSR count). The first kappa shape index (κ1) is 13.3. The van der Waals surface area contributed by atoms with Crippen molar-refractivity contribution >= 4 is 23.5 Å². The molecular formula is C11H18ClN5O. The molecule has 0 N–H and O–H groups in total. The number of likely N-dealkylation sites (N-methyl/N-ethyl adjacent to an activating group) is 1. The van der Waals surface area contributed by atoms with Crippen LogP contribution in [-0.4, -0.2) is 54.8 Å². The topological polar surface area (TPSA) is 54.4 Å². The smallest absolute Gasteiger partial charge is 0.231 e. The summed E-state index contributed by atoms with van der Waals surface area (Å²) in [7, 11) is 5.70. The molecule has 1 fully saturated rings. The summed E-state index contributed by atoms with van der Waals surface area (Å²) in [6.45, 7) is 2.83. The van der Waals surface area contributed by atoms with Gasteiger partial charge in [0.15, 0.2) is 0 Å². The molecule has 0 aliphatic carbocycles. The lowest BCUT2D eigenvalue weighted by molar-refractivity contribution is 0.118. The summed E-state index contributed by atoms with van der Waals surface area (Å²) in [5.41, 5.74) is 0. The Hall–Kier alpha value is -1.14. The van der Waals surface area contributed by atoms with Crippen LogP contribution in [-0.2, 0) is 4.74 Å². The van der Waals surface area contributed by atoms with Crippen molar-refractivity contribution in [2.45, 2.75) is 25.5 Å². The normalized spacial score (nSPS) is 23.2. The molecule has 0 bridgehead atoms. The third kappa shape index (κ3) is 2.64. The minimum Gasteiger partial charge on any atom is -0.376 e. The third-order valence-corrected chi connectivity index (χ3v) is 3.30. The van der Waals surface area contributed by atoms with Crippen molar-refractivity contribution < 1.29 is 4.74 Å². The number of halogens is 1. The molecule has 6 nitrogen and oxygen atoms in total. The zero-order valence-electron chi connectivity index (χ0n) is 11.1. The highest BCUT2D eigenvalue weighted by molar-refractivity contribution is 6.28. The first-order chi connectivity index (χ1) is 8.49. The van der Waals surface area contributed by atoms with Crippen LogP contribution in [0.15, 0.2) is 0 Å². The SMILES string of the molecule is CC1OCCC1N(C)c1nc(Cl)nc(N(C)C)n1. The molecule has 18 heavy (non-hydrogen) atoms. The van der Waals surface area contributed by atoms with Crippen molar-refractivity contribution in [2.75, 3.05) is 37.5 Å². The van der Waals surface area contributed by atoms with Gasteiger partial charge in [0.25, 0.3) is 0 Å². The molecular weight excluding hydrogens is 254 g/mol. The summed E-state index contributed by atoms with van der Waals surface area (Å²) in [6, 6.07) is 0.276. The third-order valence-electron chi connectivity index (χ3n) is 3.13. The van der Waals surface area contributed by atoms with Gasteiger partial charge in [0.1, 0.15) is 0 Å². The second-order valence-electron chi connectivity index (χ2n) is 4.64. The highest BCUT2D eigenvalue weighted by Gasteiger charge is 2.29. The fourth-order valence-corrected chi connectivity index (χ4v) is 2.22. The van der Waals surface area contributed by atoms with Crippen molar-refractivity contribution in [1.82, 2.24) is 15.0 Å². The molecule has 0 spiro atoms. The van der Waals surface area contributed by atoms with Crippen LogP contribution in [0, 0.1) is 0 Å². The number of nitrogens with zero attached hydrogens (tertiary/aromatic N) is 5. The average molecular weight is 272 g/mol. The van der Waals surface area contributed by atoms with E-state index in [9.17, 15) is 0 Å². The van der Waals surface area contributed by atoms with Gasteiger partial charge in [-0.15, -0.1) is 0 Å². The zero-order chi connectivity index (χ0) is 13.3. The highest BCUT2D eigenvalue weighted by Crippen LogP contribution is 2.23. The monoisotopic (exact) mass is 271 g/mol. The van der Waals surface area contributed by atoms with Crippen LogP contribution in [0.5, 0.6) is 0 Å². The van der Waals surface area contributed by atoms with Gasteiger partial charge in [0.2, 0.25) is 17.2 Å². The standard InChI is InChI=1S/C11H18ClN5O/c1-7-8(5-6-18-7)17(4)11-14-9(12)13-10(15-11)16(2)3/h7-8H,5-6H2,1-4H3. The van der Waals surface area contributed by atoms with Crippen molar-refractivity contribution in [3.63, 3.8) is 0 Å². The van der Waals surface area contributed by atoms with Gasteiger partial charge in [-0.25, -0.2) is 0 Å². The predicted molar refractivity (Wildman–Crippen MR) is 71.4 cm³/mol. The molecule has 2 unspecified atom stereocenters. The largest absolute Gasteiger partial charge is 0.376 e. The van der Waals surface area contributed by atoms with Crippen molar-refractivity contribution in [3.05, 3.63) is 5.28 Å². The fourth-order valence-electron chi connectivity index (χ4n) is 2.06. The molecule has 1 saturated heterocycles. The Labute approximate surface area is 112 Å². The molecule has 0 radical (unpaired) electrons. The fraction of sp³-hybridized carbons (Fsp3) is 0.727. The van der Waals surface area contributed by atoms with E-state index in [2.05, 4.69) is 21.9 Å². The molecule has 1 aliphatic heterocycles. The van der Waals surface area contributed by atoms with E-state index in [1.807, 2.05) is 26.0 Å². The van der Waals surface area contributed by atoms with Gasteiger partial charge >= 0.3 is 0 Å². The molecule has 1 aromatic rings. The number of anilines is 2. The van der Waals surface area contributed by atoms with Crippen LogP contribution in [0.3, 0.4) is 0 Å². The first-order valence-electron chi connectivity index (χ1n) is 5.92. The summed E-state index contributed by atoms with van der Waals surface area (Å²) in [4.78, 5) is 16.5. The summed E-state index contributed by atoms with van der Waals surface area (Å²) in [5, 5.41) is 0.210. The van der Waals surface area contributed by atoms with Gasteiger partial charge in [-0.05, 0) is 24.9 Å². The average Bonchev–Trinajstić information content (AvgIpc) is 2.73. The van der Waals surface area contributed by atoms with Crippen LogP contribution in [0.2, 0.25) is 5.28 Å². The van der Waals surface area contributed by atoms with E-state index in [0.29, 0.717) is 11.9 Å². The molecule has 100 valence electrons. The highest BCUT2D eigenvalue weighted by atomic mass is 35.5. The number of aromatic nitrogens is 3. The predicted octanol–water partition coefficient (Wildman–Crippen LogP) is 1.20. The van der Waals surface area contributed by atoms with Crippen LogP contribution >= 0.6 is 11.6 Å². The molecule has 2 atom stereocenters. The van der Waals surface area contributed by atoms with Gasteiger partial charge in [-0.3, -0.25) is 0 Å². The van der Waals surface area contributed by atoms with Gasteiger partial charge in [0.05, 0.1) is 12.1 Å². The minimum absolute atomic E-state index is 0.174. The van der Waals surface area contributed by atoms with Crippen LogP contribution in [0.4, 0.5) is 11.9 Å². The van der Waals surface area contributed by atoms with E-state index < -0.39 is 0 Å². The van der Waals surface area contributed by atoms with E-state index in [1.54, 1.807) is 4.90 Å². The lowest BCUT2D eigenvalue weighted by atomic mass is 10.1. The Morgan fingerprint density at radius 2 is 1.83 bits per heavy atom. The number of rotatable bonds is 3. The molecule has 0 amide bonds. The molecule has 7 heteroatoms.